The van der Waals surface area contributed by atoms with Crippen molar-refractivity contribution >= 4 is 23.2 Å². The average molecular weight is 444 g/mol. The summed E-state index contributed by atoms with van der Waals surface area (Å²) < 4.78 is 15.9. The highest BCUT2D eigenvalue weighted by Crippen LogP contribution is 2.26. The van der Waals surface area contributed by atoms with Crippen molar-refractivity contribution in [1.29, 1.82) is 0 Å². The van der Waals surface area contributed by atoms with Crippen LogP contribution in [0.5, 0.6) is 0 Å². The van der Waals surface area contributed by atoms with E-state index < -0.39 is 0 Å². The van der Waals surface area contributed by atoms with Crippen molar-refractivity contribution in [3.05, 3.63) is 63.3 Å². The highest BCUT2D eigenvalue weighted by molar-refractivity contribution is 6.31. The zero-order valence-corrected chi connectivity index (χ0v) is 18.7. The van der Waals surface area contributed by atoms with E-state index in [1.807, 2.05) is 13.8 Å². The second-order valence-electron chi connectivity index (χ2n) is 8.09. The second-order valence-corrected chi connectivity index (χ2v) is 8.50. The first kappa shape index (κ1) is 21.7. The number of carbonyl (C=O) groups is 1. The molecule has 0 spiro atoms. The van der Waals surface area contributed by atoms with Crippen LogP contribution in [0.2, 0.25) is 5.02 Å². The van der Waals surface area contributed by atoms with Crippen LogP contribution in [0.15, 0.2) is 24.4 Å². The van der Waals surface area contributed by atoms with Crippen LogP contribution in [0, 0.1) is 19.7 Å². The SMILES string of the molecule is Cc1nc2c(C(=O)NCCCN3CCCC3)cnn2c(C)c1Cc1c(F)cccc1Cl. The van der Waals surface area contributed by atoms with Crippen molar-refractivity contribution in [2.75, 3.05) is 26.2 Å². The van der Waals surface area contributed by atoms with Gasteiger partial charge in [0.05, 0.1) is 6.20 Å². The highest BCUT2D eigenvalue weighted by atomic mass is 35.5. The normalized spacial score (nSPS) is 14.5. The van der Waals surface area contributed by atoms with Crippen LogP contribution in [-0.4, -0.2) is 51.6 Å². The topological polar surface area (TPSA) is 62.5 Å². The fourth-order valence-electron chi connectivity index (χ4n) is 4.21. The number of likely N-dealkylation sites (tertiary alicyclic amines) is 1. The van der Waals surface area contributed by atoms with E-state index in [2.05, 4.69) is 20.3 Å². The zero-order valence-electron chi connectivity index (χ0n) is 17.9. The molecule has 164 valence electrons. The van der Waals surface area contributed by atoms with Gasteiger partial charge in [0, 0.05) is 34.9 Å². The predicted octanol–water partition coefficient (Wildman–Crippen LogP) is 3.95. The molecule has 6 nitrogen and oxygen atoms in total. The van der Waals surface area contributed by atoms with Crippen molar-refractivity contribution < 1.29 is 9.18 Å². The van der Waals surface area contributed by atoms with Crippen molar-refractivity contribution in [2.45, 2.75) is 39.5 Å². The Kier molecular flexibility index (Phi) is 6.53. The van der Waals surface area contributed by atoms with E-state index in [1.165, 1.54) is 18.9 Å². The van der Waals surface area contributed by atoms with Gasteiger partial charge in [-0.3, -0.25) is 4.79 Å². The molecule has 0 radical (unpaired) electrons. The molecular weight excluding hydrogens is 417 g/mol. The molecule has 0 bridgehead atoms. The Balaban J connectivity index is 1.51. The monoisotopic (exact) mass is 443 g/mol. The van der Waals surface area contributed by atoms with Crippen LogP contribution < -0.4 is 5.32 Å². The number of benzene rings is 1. The molecule has 0 unspecified atom stereocenters. The minimum atomic E-state index is -0.346. The standard InChI is InChI=1S/C23H27ClFN5O/c1-15-17(13-18-20(24)7-5-8-21(18)25)16(2)30-22(28-15)19(14-27-30)23(31)26-9-6-12-29-10-3-4-11-29/h5,7-8,14H,3-4,6,9-13H2,1-2H3,(H,26,31). The molecule has 3 heterocycles. The van der Waals surface area contributed by atoms with Gasteiger partial charge >= 0.3 is 0 Å². The summed E-state index contributed by atoms with van der Waals surface area (Å²) in [6, 6.07) is 4.67. The molecule has 1 fully saturated rings. The maximum absolute atomic E-state index is 14.3. The maximum atomic E-state index is 14.3. The van der Waals surface area contributed by atoms with Gasteiger partial charge in [-0.25, -0.2) is 13.9 Å². The van der Waals surface area contributed by atoms with E-state index in [-0.39, 0.29) is 11.7 Å². The first-order valence-corrected chi connectivity index (χ1v) is 11.1. The zero-order chi connectivity index (χ0) is 22.0. The summed E-state index contributed by atoms with van der Waals surface area (Å²) in [7, 11) is 0. The largest absolute Gasteiger partial charge is 0.352 e. The summed E-state index contributed by atoms with van der Waals surface area (Å²) in [6.45, 7) is 7.70. The quantitative estimate of drug-likeness (QED) is 0.562. The fraction of sp³-hybridized carbons (Fsp3) is 0.435. The van der Waals surface area contributed by atoms with Gasteiger partial charge in [0.1, 0.15) is 11.4 Å². The first-order valence-electron chi connectivity index (χ1n) is 10.7. The summed E-state index contributed by atoms with van der Waals surface area (Å²) in [5.41, 5.74) is 3.78. The Morgan fingerprint density at radius 1 is 1.23 bits per heavy atom. The molecule has 8 heteroatoms. The number of nitrogens with one attached hydrogen (secondary N) is 1. The highest BCUT2D eigenvalue weighted by Gasteiger charge is 2.20. The lowest BCUT2D eigenvalue weighted by atomic mass is 10.0. The molecule has 1 aromatic carbocycles. The van der Waals surface area contributed by atoms with Crippen LogP contribution in [0.3, 0.4) is 0 Å². The van der Waals surface area contributed by atoms with Gasteiger partial charge < -0.3 is 10.2 Å². The summed E-state index contributed by atoms with van der Waals surface area (Å²) >= 11 is 6.21. The number of amides is 1. The third-order valence-electron chi connectivity index (χ3n) is 6.00. The molecule has 1 aliphatic heterocycles. The lowest BCUT2D eigenvalue weighted by Gasteiger charge is -2.14. The number of hydrogen-bond acceptors (Lipinski definition) is 4. The van der Waals surface area contributed by atoms with Gasteiger partial charge in [-0.15, -0.1) is 0 Å². The van der Waals surface area contributed by atoms with Crippen LogP contribution in [0.4, 0.5) is 4.39 Å². The predicted molar refractivity (Wildman–Crippen MR) is 119 cm³/mol. The van der Waals surface area contributed by atoms with Crippen molar-refractivity contribution in [2.24, 2.45) is 0 Å². The number of halogens is 2. The molecule has 0 atom stereocenters. The van der Waals surface area contributed by atoms with Crippen LogP contribution in [-0.2, 0) is 6.42 Å². The Hall–Kier alpha value is -2.51. The van der Waals surface area contributed by atoms with Gasteiger partial charge in [0.25, 0.3) is 5.91 Å². The number of fused-ring (bicyclic) bond motifs is 1. The second kappa shape index (κ2) is 9.32. The van der Waals surface area contributed by atoms with E-state index in [4.69, 9.17) is 11.6 Å². The average Bonchev–Trinajstić information content (AvgIpc) is 3.40. The van der Waals surface area contributed by atoms with Crippen molar-refractivity contribution in [1.82, 2.24) is 24.8 Å². The molecular formula is C23H27ClFN5O. The van der Waals surface area contributed by atoms with Gasteiger partial charge in [0.15, 0.2) is 5.65 Å². The molecule has 3 aromatic rings. The molecule has 0 saturated carbocycles. The van der Waals surface area contributed by atoms with E-state index in [0.717, 1.165) is 43.0 Å². The van der Waals surface area contributed by atoms with E-state index in [0.29, 0.717) is 34.8 Å². The first-order chi connectivity index (χ1) is 15.0. The summed E-state index contributed by atoms with van der Waals surface area (Å²) in [5, 5.41) is 7.74. The summed E-state index contributed by atoms with van der Waals surface area (Å²) in [5.74, 6) is -0.520. The number of carbonyl (C=O) groups excluding carboxylic acids is 1. The van der Waals surface area contributed by atoms with Crippen LogP contribution in [0.1, 0.15) is 52.1 Å². The minimum Gasteiger partial charge on any atom is -0.352 e. The smallest absolute Gasteiger partial charge is 0.256 e. The third kappa shape index (κ3) is 4.57. The van der Waals surface area contributed by atoms with Crippen LogP contribution in [0.25, 0.3) is 5.65 Å². The van der Waals surface area contributed by atoms with Gasteiger partial charge in [-0.05, 0) is 70.4 Å². The fourth-order valence-corrected chi connectivity index (χ4v) is 4.44. The number of aromatic nitrogens is 3. The summed E-state index contributed by atoms with van der Waals surface area (Å²) in [6.07, 6.45) is 5.31. The van der Waals surface area contributed by atoms with Gasteiger partial charge in [0.2, 0.25) is 0 Å². The lowest BCUT2D eigenvalue weighted by molar-refractivity contribution is 0.0953. The van der Waals surface area contributed by atoms with Crippen molar-refractivity contribution in [3.63, 3.8) is 0 Å². The van der Waals surface area contributed by atoms with E-state index in [1.54, 1.807) is 22.8 Å². The molecule has 1 N–H and O–H groups in total. The molecule has 4 rings (SSSR count). The summed E-state index contributed by atoms with van der Waals surface area (Å²) in [4.78, 5) is 19.8. The number of hydrogen-bond donors (Lipinski definition) is 1. The Bertz CT molecular complexity index is 1090. The molecule has 31 heavy (non-hydrogen) atoms. The van der Waals surface area contributed by atoms with E-state index >= 15 is 0 Å². The number of aryl methyl sites for hydroxylation is 2. The number of nitrogens with zero attached hydrogens (tertiary/aromatic N) is 4. The molecule has 1 aliphatic rings. The Morgan fingerprint density at radius 2 is 2.00 bits per heavy atom. The minimum absolute atomic E-state index is 0.173. The maximum Gasteiger partial charge on any atom is 0.256 e. The Labute approximate surface area is 186 Å². The molecule has 1 amide bonds. The molecule has 1 saturated heterocycles. The van der Waals surface area contributed by atoms with Gasteiger partial charge in [-0.2, -0.15) is 5.10 Å². The molecule has 2 aromatic heterocycles. The van der Waals surface area contributed by atoms with Crippen molar-refractivity contribution in [3.8, 4) is 0 Å². The van der Waals surface area contributed by atoms with Crippen LogP contribution >= 0.6 is 11.6 Å². The Morgan fingerprint density at radius 3 is 2.74 bits per heavy atom. The third-order valence-corrected chi connectivity index (χ3v) is 6.36. The van der Waals surface area contributed by atoms with Gasteiger partial charge in [-0.1, -0.05) is 17.7 Å². The van der Waals surface area contributed by atoms with E-state index in [9.17, 15) is 9.18 Å². The lowest BCUT2D eigenvalue weighted by Crippen LogP contribution is -2.28. The molecule has 0 aliphatic carbocycles. The number of rotatable bonds is 7.